The first kappa shape index (κ1) is 6.97. The molecule has 0 saturated carbocycles. The first-order valence-corrected chi connectivity index (χ1v) is 3.32. The molecule has 1 heterocycles. The Bertz CT molecular complexity index is 359. The number of fused-ring (bicyclic) bond motifs is 1. The van der Waals surface area contributed by atoms with Crippen LogP contribution in [0.25, 0.3) is 0 Å². The van der Waals surface area contributed by atoms with E-state index in [2.05, 4.69) is 0 Å². The first-order valence-electron chi connectivity index (χ1n) is 3.32. The molecule has 2 rings (SSSR count). The molecule has 0 atom stereocenters. The molecule has 4 heteroatoms. The lowest BCUT2D eigenvalue weighted by atomic mass is 10.2. The number of hydrogen-bond acceptors (Lipinski definition) is 3. The third-order valence-electron chi connectivity index (χ3n) is 1.52. The van der Waals surface area contributed by atoms with E-state index in [1.54, 1.807) is 18.2 Å². The molecule has 0 aromatic heterocycles. The summed E-state index contributed by atoms with van der Waals surface area (Å²) in [5.74, 6) is -0.458. The average Bonchev–Trinajstić information content (AvgIpc) is 2.12. The van der Waals surface area contributed by atoms with Crippen LogP contribution in [0.3, 0.4) is 0 Å². The molecule has 1 aliphatic heterocycles. The maximum atomic E-state index is 11.0. The lowest BCUT2D eigenvalue weighted by Gasteiger charge is -2.04. The van der Waals surface area contributed by atoms with E-state index in [0.717, 1.165) is 0 Å². The highest BCUT2D eigenvalue weighted by Crippen LogP contribution is 2.30. The van der Waals surface area contributed by atoms with Crippen LogP contribution in [0.4, 0.5) is 5.69 Å². The number of nitrogens with zero attached hydrogens (tertiary/aromatic N) is 1. The number of hydrogen-bond donors (Lipinski definition) is 0. The topological polar surface area (TPSA) is 46.4 Å². The molecular formula is C8H4NO3+. The van der Waals surface area contributed by atoms with Gasteiger partial charge in [-0.1, -0.05) is 12.1 Å². The van der Waals surface area contributed by atoms with Gasteiger partial charge in [-0.2, -0.15) is 0 Å². The second kappa shape index (κ2) is 2.41. The Morgan fingerprint density at radius 3 is 2.92 bits per heavy atom. The molecule has 12 heavy (non-hydrogen) atoms. The van der Waals surface area contributed by atoms with Crippen LogP contribution in [0.5, 0.6) is 5.75 Å². The van der Waals surface area contributed by atoms with Crippen molar-refractivity contribution >= 4 is 11.6 Å². The van der Waals surface area contributed by atoms with Gasteiger partial charge in [-0.15, -0.1) is 0 Å². The van der Waals surface area contributed by atoms with Crippen molar-refractivity contribution in [1.82, 2.24) is 0 Å². The molecule has 1 aliphatic rings. The molecule has 0 spiro atoms. The minimum atomic E-state index is -0.811. The first-order chi connectivity index (χ1) is 5.79. The standard InChI is InChI=1S/C8H4NO3/c10-8-5-12-7-4-2-1-3-6(7)9(8)11/h1-4H/q+1. The van der Waals surface area contributed by atoms with E-state index < -0.39 is 5.91 Å². The van der Waals surface area contributed by atoms with Gasteiger partial charge in [0.15, 0.2) is 5.75 Å². The van der Waals surface area contributed by atoms with Crippen LogP contribution in [-0.2, 0) is 4.79 Å². The van der Waals surface area contributed by atoms with Gasteiger partial charge in [-0.3, -0.25) is 0 Å². The van der Waals surface area contributed by atoms with E-state index in [1.807, 2.05) is 6.61 Å². The molecule has 0 saturated heterocycles. The van der Waals surface area contributed by atoms with Crippen molar-refractivity contribution in [2.24, 2.45) is 0 Å². The number of benzene rings is 1. The monoisotopic (exact) mass is 162 g/mol. The van der Waals surface area contributed by atoms with Gasteiger partial charge in [0.25, 0.3) is 0 Å². The largest absolute Gasteiger partial charge is 0.493 e. The molecule has 0 aliphatic carbocycles. The molecule has 4 nitrogen and oxygen atoms in total. The van der Waals surface area contributed by atoms with Crippen molar-refractivity contribution in [3.8, 4) is 5.75 Å². The van der Waals surface area contributed by atoms with Crippen molar-refractivity contribution in [1.29, 1.82) is 0 Å². The number of para-hydroxylation sites is 2. The molecule has 0 fully saturated rings. The number of carbonyl (C=O) groups excluding carboxylic acids is 1. The van der Waals surface area contributed by atoms with Crippen molar-refractivity contribution in [3.63, 3.8) is 0 Å². The van der Waals surface area contributed by atoms with E-state index >= 15 is 0 Å². The number of rotatable bonds is 0. The fourth-order valence-electron chi connectivity index (χ4n) is 0.961. The third-order valence-corrected chi connectivity index (χ3v) is 1.52. The van der Waals surface area contributed by atoms with Gasteiger partial charge in [0.2, 0.25) is 0 Å². The predicted octanol–water partition coefficient (Wildman–Crippen LogP) is 1.05. The maximum Gasteiger partial charge on any atom is 0.493 e. The molecule has 2 radical (unpaired) electrons. The van der Waals surface area contributed by atoms with E-state index in [9.17, 15) is 9.70 Å². The summed E-state index contributed by atoms with van der Waals surface area (Å²) in [4.78, 5) is 21.8. The number of amides is 1. The second-order valence-electron chi connectivity index (χ2n) is 2.27. The van der Waals surface area contributed by atoms with Crippen molar-refractivity contribution in [3.05, 3.63) is 35.8 Å². The Hall–Kier alpha value is -1.71. The molecule has 0 unspecified atom stereocenters. The van der Waals surface area contributed by atoms with E-state index in [4.69, 9.17) is 4.74 Å². The van der Waals surface area contributed by atoms with Gasteiger partial charge in [-0.05, 0) is 6.07 Å². The smallest absolute Gasteiger partial charge is 0.456 e. The highest BCUT2D eigenvalue weighted by molar-refractivity contribution is 5.80. The van der Waals surface area contributed by atoms with Crippen LogP contribution in [0, 0.1) is 11.5 Å². The SMILES string of the molecule is O=C1[C]Oc2ccccc2[N+]1=O. The maximum absolute atomic E-state index is 11.0. The van der Waals surface area contributed by atoms with E-state index in [0.29, 0.717) is 5.75 Å². The van der Waals surface area contributed by atoms with Gasteiger partial charge in [0.1, 0.15) is 4.76 Å². The zero-order chi connectivity index (χ0) is 8.55. The van der Waals surface area contributed by atoms with Gasteiger partial charge in [0, 0.05) is 11.0 Å². The summed E-state index contributed by atoms with van der Waals surface area (Å²) >= 11 is 0. The molecule has 0 bridgehead atoms. The number of carbonyl (C=O) groups is 1. The molecule has 1 aromatic carbocycles. The van der Waals surface area contributed by atoms with Gasteiger partial charge >= 0.3 is 18.2 Å². The average molecular weight is 162 g/mol. The van der Waals surface area contributed by atoms with Crippen LogP contribution in [0.15, 0.2) is 24.3 Å². The lowest BCUT2D eigenvalue weighted by Crippen LogP contribution is -2.21. The van der Waals surface area contributed by atoms with Crippen LogP contribution in [0.1, 0.15) is 0 Å². The highest BCUT2D eigenvalue weighted by atomic mass is 16.5. The minimum Gasteiger partial charge on any atom is -0.456 e. The highest BCUT2D eigenvalue weighted by Gasteiger charge is 2.36. The zero-order valence-corrected chi connectivity index (χ0v) is 5.98. The quantitative estimate of drug-likeness (QED) is 0.536. The summed E-state index contributed by atoms with van der Waals surface area (Å²) < 4.78 is 5.01. The predicted molar refractivity (Wildman–Crippen MR) is 38.6 cm³/mol. The van der Waals surface area contributed by atoms with Crippen molar-refractivity contribution in [2.45, 2.75) is 0 Å². The summed E-state index contributed by atoms with van der Waals surface area (Å²) in [6.07, 6.45) is 0. The lowest BCUT2D eigenvalue weighted by molar-refractivity contribution is -0.390. The van der Waals surface area contributed by atoms with Crippen LogP contribution in [-0.4, -0.2) is 10.7 Å². The normalized spacial score (nSPS) is 15.3. The molecular weight excluding hydrogens is 158 g/mol. The number of ether oxygens (including phenoxy) is 1. The Labute approximate surface area is 68.3 Å². The van der Waals surface area contributed by atoms with E-state index in [-0.39, 0.29) is 10.4 Å². The molecule has 1 amide bonds. The van der Waals surface area contributed by atoms with Crippen molar-refractivity contribution in [2.75, 3.05) is 0 Å². The van der Waals surface area contributed by atoms with E-state index in [1.165, 1.54) is 6.07 Å². The number of nitroso groups, excluding NO2 is 1. The van der Waals surface area contributed by atoms with Crippen LogP contribution < -0.4 is 4.74 Å². The Balaban J connectivity index is 2.56. The van der Waals surface area contributed by atoms with Crippen LogP contribution in [0.2, 0.25) is 0 Å². The summed E-state index contributed by atoms with van der Waals surface area (Å²) in [6.45, 7) is 1.96. The van der Waals surface area contributed by atoms with Crippen LogP contribution >= 0.6 is 0 Å². The Morgan fingerprint density at radius 2 is 2.08 bits per heavy atom. The summed E-state index contributed by atoms with van der Waals surface area (Å²) in [5.41, 5.74) is 0.223. The Kier molecular flexibility index (Phi) is 1.40. The minimum absolute atomic E-state index is 0.223. The molecule has 58 valence electrons. The molecule has 0 N–H and O–H groups in total. The van der Waals surface area contributed by atoms with Gasteiger partial charge in [0.05, 0.1) is 0 Å². The zero-order valence-electron chi connectivity index (χ0n) is 5.98. The fraction of sp³-hybridized carbons (Fsp3) is 0. The summed E-state index contributed by atoms with van der Waals surface area (Å²) in [7, 11) is 0. The fourth-order valence-corrected chi connectivity index (χ4v) is 0.961. The summed E-state index contributed by atoms with van der Waals surface area (Å²) in [6, 6.07) is 6.48. The second-order valence-corrected chi connectivity index (χ2v) is 2.27. The van der Waals surface area contributed by atoms with Gasteiger partial charge < -0.3 is 4.74 Å². The third kappa shape index (κ3) is 0.887. The summed E-state index contributed by atoms with van der Waals surface area (Å²) in [5, 5.41) is 0. The van der Waals surface area contributed by atoms with Gasteiger partial charge in [-0.25, -0.2) is 4.79 Å². The van der Waals surface area contributed by atoms with Crippen molar-refractivity contribution < 1.29 is 14.3 Å². The Morgan fingerprint density at radius 1 is 1.33 bits per heavy atom. The molecule has 1 aromatic rings.